The highest BCUT2D eigenvalue weighted by Gasteiger charge is 2.28. The smallest absolute Gasteiger partial charge is 0.255 e. The van der Waals surface area contributed by atoms with Crippen LogP contribution in [0.1, 0.15) is 144 Å². The molecule has 0 spiro atoms. The predicted molar refractivity (Wildman–Crippen MR) is 185 cm³/mol. The lowest BCUT2D eigenvalue weighted by Crippen LogP contribution is -2.27. The number of nitrogens with two attached hydrogens (primary N) is 1. The van der Waals surface area contributed by atoms with Crippen molar-refractivity contribution in [1.29, 1.82) is 0 Å². The fourth-order valence-electron chi connectivity index (χ4n) is 8.27. The highest BCUT2D eigenvalue weighted by molar-refractivity contribution is 6.11. The third kappa shape index (κ3) is 8.69. The van der Waals surface area contributed by atoms with Gasteiger partial charge in [0, 0.05) is 31.1 Å². The Labute approximate surface area is 270 Å². The lowest BCUT2D eigenvalue weighted by molar-refractivity contribution is 0.0964. The second kappa shape index (κ2) is 16.6. The molecule has 1 heterocycles. The van der Waals surface area contributed by atoms with Crippen LogP contribution in [0.4, 0.5) is 10.1 Å². The molecule has 2 atom stereocenters. The molecule has 5 nitrogen and oxygen atoms in total. The van der Waals surface area contributed by atoms with E-state index in [-0.39, 0.29) is 11.7 Å². The molecule has 2 aromatic carbocycles. The number of rotatable bonds is 5. The minimum Gasteiger partial charge on any atom is -0.455 e. The summed E-state index contributed by atoms with van der Waals surface area (Å²) < 4.78 is 20.1. The van der Waals surface area contributed by atoms with E-state index in [0.717, 1.165) is 35.8 Å². The van der Waals surface area contributed by atoms with Gasteiger partial charge in [0.25, 0.3) is 5.91 Å². The molecule has 2 saturated carbocycles. The first-order valence-corrected chi connectivity index (χ1v) is 18.0. The molecule has 246 valence electrons. The van der Waals surface area contributed by atoms with Gasteiger partial charge in [-0.3, -0.25) is 4.79 Å². The average molecular weight is 618 g/mol. The molecule has 2 fully saturated rings. The topological polar surface area (TPSA) is 71.5 Å². The van der Waals surface area contributed by atoms with Crippen molar-refractivity contribution in [2.75, 3.05) is 19.1 Å². The molecule has 2 aliphatic rings. The summed E-state index contributed by atoms with van der Waals surface area (Å²) in [7, 11) is 3.52. The van der Waals surface area contributed by atoms with Crippen LogP contribution in [-0.4, -0.2) is 20.0 Å². The Morgan fingerprint density at radius 3 is 1.87 bits per heavy atom. The summed E-state index contributed by atoms with van der Waals surface area (Å²) in [6.07, 6.45) is 25.7. The summed E-state index contributed by atoms with van der Waals surface area (Å²) >= 11 is 0. The average Bonchev–Trinajstić information content (AvgIpc) is 3.47. The summed E-state index contributed by atoms with van der Waals surface area (Å²) in [6, 6.07) is 10.3. The molecule has 0 bridgehead atoms. The van der Waals surface area contributed by atoms with Crippen molar-refractivity contribution in [3.63, 3.8) is 0 Å². The van der Waals surface area contributed by atoms with E-state index in [0.29, 0.717) is 28.4 Å². The zero-order valence-corrected chi connectivity index (χ0v) is 27.9. The van der Waals surface area contributed by atoms with Crippen molar-refractivity contribution in [2.24, 2.45) is 17.7 Å². The summed E-state index contributed by atoms with van der Waals surface area (Å²) in [5.74, 6) is 8.47. The van der Waals surface area contributed by atoms with Gasteiger partial charge in [-0.25, -0.2) is 10.2 Å². The van der Waals surface area contributed by atoms with E-state index in [4.69, 9.17) is 10.3 Å². The molecule has 3 N–H and O–H groups in total. The zero-order valence-electron chi connectivity index (χ0n) is 27.9. The number of hydrazine groups is 1. The van der Waals surface area contributed by atoms with Gasteiger partial charge in [-0.05, 0) is 66.5 Å². The van der Waals surface area contributed by atoms with Crippen LogP contribution < -0.4 is 16.2 Å². The Hall–Kier alpha value is -2.86. The number of furan rings is 1. The van der Waals surface area contributed by atoms with Crippen LogP contribution in [-0.2, 0) is 0 Å². The van der Waals surface area contributed by atoms with Gasteiger partial charge >= 0.3 is 0 Å². The first kappa shape index (κ1) is 33.5. The maximum absolute atomic E-state index is 13.7. The molecule has 1 amide bonds. The molecule has 5 rings (SSSR count). The largest absolute Gasteiger partial charge is 0.455 e. The molecule has 0 aliphatic heterocycles. The Balaban J connectivity index is 1.38. The molecule has 2 aliphatic carbocycles. The number of hydrogen-bond donors (Lipinski definition) is 2. The Morgan fingerprint density at radius 1 is 0.778 bits per heavy atom. The molecule has 0 saturated heterocycles. The number of fused-ring (bicyclic) bond motifs is 1. The van der Waals surface area contributed by atoms with Gasteiger partial charge in [0.2, 0.25) is 0 Å². The fourth-order valence-corrected chi connectivity index (χ4v) is 8.27. The normalized spacial score (nSPS) is 21.9. The van der Waals surface area contributed by atoms with E-state index < -0.39 is 0 Å². The predicted octanol–water partition coefficient (Wildman–Crippen LogP) is 10.7. The van der Waals surface area contributed by atoms with Gasteiger partial charge in [-0.2, -0.15) is 0 Å². The summed E-state index contributed by atoms with van der Waals surface area (Å²) in [4.78, 5) is 13.2. The third-order valence-electron chi connectivity index (χ3n) is 10.8. The molecular weight excluding hydrogens is 561 g/mol. The van der Waals surface area contributed by atoms with Gasteiger partial charge in [-0.1, -0.05) is 109 Å². The van der Waals surface area contributed by atoms with E-state index in [2.05, 4.69) is 11.4 Å². The number of carbonyl (C=O) groups excluding carboxylic acids is 1. The monoisotopic (exact) mass is 617 g/mol. The molecule has 6 heteroatoms. The van der Waals surface area contributed by atoms with Gasteiger partial charge < -0.3 is 14.7 Å². The maximum atomic E-state index is 13.7. The van der Waals surface area contributed by atoms with Crippen LogP contribution in [0.3, 0.4) is 0 Å². The molecule has 0 radical (unpaired) electrons. The maximum Gasteiger partial charge on any atom is 0.255 e. The third-order valence-corrected chi connectivity index (χ3v) is 10.8. The van der Waals surface area contributed by atoms with Crippen LogP contribution in [0.2, 0.25) is 0 Å². The zero-order chi connectivity index (χ0) is 31.6. The van der Waals surface area contributed by atoms with Crippen LogP contribution in [0.5, 0.6) is 0 Å². The van der Waals surface area contributed by atoms with Crippen molar-refractivity contribution >= 4 is 22.6 Å². The van der Waals surface area contributed by atoms with Crippen molar-refractivity contribution in [1.82, 2.24) is 5.32 Å². The van der Waals surface area contributed by atoms with Gasteiger partial charge in [0.1, 0.15) is 17.2 Å². The number of amides is 1. The van der Waals surface area contributed by atoms with Crippen molar-refractivity contribution < 1.29 is 13.6 Å². The summed E-state index contributed by atoms with van der Waals surface area (Å²) in [6.45, 7) is 0. The Morgan fingerprint density at radius 2 is 1.29 bits per heavy atom. The molecule has 2 unspecified atom stereocenters. The minimum atomic E-state index is -0.324. The van der Waals surface area contributed by atoms with E-state index in [1.54, 1.807) is 24.2 Å². The second-order valence-electron chi connectivity index (χ2n) is 14.0. The number of nitrogens with zero attached hydrogens (tertiary/aromatic N) is 1. The van der Waals surface area contributed by atoms with E-state index in [1.807, 2.05) is 13.1 Å². The van der Waals surface area contributed by atoms with Crippen LogP contribution >= 0.6 is 0 Å². The van der Waals surface area contributed by atoms with Crippen molar-refractivity contribution in [2.45, 2.75) is 128 Å². The molecule has 45 heavy (non-hydrogen) atoms. The fraction of sp³-hybridized carbons (Fsp3) is 0.615. The number of carbonyl (C=O) groups is 1. The van der Waals surface area contributed by atoms with Gasteiger partial charge in [0.15, 0.2) is 0 Å². The molecule has 1 aromatic heterocycles. The van der Waals surface area contributed by atoms with Crippen molar-refractivity contribution in [3.8, 4) is 11.3 Å². The van der Waals surface area contributed by atoms with Gasteiger partial charge in [0.05, 0.1) is 11.3 Å². The molecule has 3 aromatic rings. The minimum absolute atomic E-state index is 0.210. The van der Waals surface area contributed by atoms with E-state index in [1.165, 1.54) is 127 Å². The van der Waals surface area contributed by atoms with E-state index >= 15 is 0 Å². The van der Waals surface area contributed by atoms with Gasteiger partial charge in [-0.15, -0.1) is 0 Å². The number of benzene rings is 2. The first-order valence-electron chi connectivity index (χ1n) is 18.0. The number of halogens is 1. The summed E-state index contributed by atoms with van der Waals surface area (Å²) in [5.41, 5.74) is 3.93. The highest BCUT2D eigenvalue weighted by Crippen LogP contribution is 2.43. The second-order valence-corrected chi connectivity index (χ2v) is 14.0. The standard InChI is InChI=1S/C39H56FN3O2/c1-42-39(44)37-34-26-33(35(43(2)41)27-36(34)45-38(37)31-22-24-32(40)25-23-31)30-19-14-13-18-29(20-15-21-30)28-16-11-9-7-5-3-4-6-8-10-12-17-28/h22-30H,3-21,41H2,1-2H3,(H,42,44). The Bertz CT molecular complexity index is 1350. The number of hydrogen-bond acceptors (Lipinski definition) is 4. The number of nitrogens with one attached hydrogen (secondary N) is 1. The number of anilines is 1. The van der Waals surface area contributed by atoms with Crippen LogP contribution in [0.15, 0.2) is 40.8 Å². The Kier molecular flexibility index (Phi) is 12.4. The highest BCUT2D eigenvalue weighted by atomic mass is 19.1. The quantitative estimate of drug-likeness (QED) is 0.221. The SMILES string of the molecule is CNC(=O)c1c(-c2ccc(F)cc2)oc2cc(N(C)N)c(C3CCCCC(C4CCCCCCCCCCCC4)CCC3)cc12. The molecular formula is C39H56FN3O2. The lowest BCUT2D eigenvalue weighted by atomic mass is 9.78. The summed E-state index contributed by atoms with van der Waals surface area (Å²) in [5, 5.41) is 5.28. The van der Waals surface area contributed by atoms with E-state index in [9.17, 15) is 9.18 Å². The van der Waals surface area contributed by atoms with Crippen LogP contribution in [0.25, 0.3) is 22.3 Å². The van der Waals surface area contributed by atoms with Crippen molar-refractivity contribution in [3.05, 3.63) is 53.3 Å². The first-order chi connectivity index (χ1) is 22.0. The van der Waals surface area contributed by atoms with Crippen LogP contribution in [0, 0.1) is 17.7 Å². The lowest BCUT2D eigenvalue weighted by Gasteiger charge is -2.28.